The molecule has 1 rings (SSSR count). The molecule has 7 nitrogen and oxygen atoms in total. The van der Waals surface area contributed by atoms with E-state index in [1.165, 1.54) is 0 Å². The maximum Gasteiger partial charge on any atom is 0.419 e. The van der Waals surface area contributed by atoms with Crippen molar-refractivity contribution in [2.24, 2.45) is 0 Å². The normalized spacial score (nSPS) is 21.6. The largest absolute Gasteiger partial charge is 0.463 e. The lowest BCUT2D eigenvalue weighted by atomic mass is 10.0. The van der Waals surface area contributed by atoms with E-state index in [4.69, 9.17) is 9.47 Å². The molecule has 2 amide bonds. The van der Waals surface area contributed by atoms with E-state index in [-0.39, 0.29) is 10.2 Å². The summed E-state index contributed by atoms with van der Waals surface area (Å²) in [7, 11) is 0. The minimum Gasteiger partial charge on any atom is -0.463 e. The predicted octanol–water partition coefficient (Wildman–Crippen LogP) is 1.91. The number of ether oxygens (including phenoxy) is 2. The first-order valence-corrected chi connectivity index (χ1v) is 7.21. The lowest BCUT2D eigenvalue weighted by Crippen LogP contribution is -2.56. The number of nitrogens with zero attached hydrogens (tertiary/aromatic N) is 2. The van der Waals surface area contributed by atoms with Gasteiger partial charge >= 0.3 is 12.1 Å². The van der Waals surface area contributed by atoms with Gasteiger partial charge in [-0.2, -0.15) is 5.26 Å². The van der Waals surface area contributed by atoms with Gasteiger partial charge in [-0.05, 0) is 56.4 Å². The molecule has 0 aromatic rings. The number of esters is 1. The summed E-state index contributed by atoms with van der Waals surface area (Å²) in [5.74, 6) is -1.75. The lowest BCUT2D eigenvalue weighted by Gasteiger charge is -2.30. The molecule has 1 heterocycles. The van der Waals surface area contributed by atoms with Gasteiger partial charge in [-0.1, -0.05) is 0 Å². The van der Waals surface area contributed by atoms with Crippen molar-refractivity contribution in [3.8, 4) is 6.07 Å². The molecule has 0 aliphatic carbocycles. The van der Waals surface area contributed by atoms with E-state index in [0.29, 0.717) is 4.90 Å². The average Bonchev–Trinajstić information content (AvgIpc) is 2.61. The summed E-state index contributed by atoms with van der Waals surface area (Å²) in [5.41, 5.74) is -2.99. The summed E-state index contributed by atoms with van der Waals surface area (Å²) < 4.78 is 9.99. The van der Waals surface area contributed by atoms with Crippen LogP contribution in [0.4, 0.5) is 4.79 Å². The Bertz CT molecular complexity index is 558. The molecular weight excluding hydrogens is 391 g/mol. The zero-order valence-corrected chi connectivity index (χ0v) is 14.3. The van der Waals surface area contributed by atoms with Gasteiger partial charge in [0.05, 0.1) is 10.2 Å². The Morgan fingerprint density at radius 1 is 1.48 bits per heavy atom. The third-order valence-electron chi connectivity index (χ3n) is 2.43. The summed E-state index contributed by atoms with van der Waals surface area (Å²) >= 11 is 1.66. The van der Waals surface area contributed by atoms with Crippen LogP contribution in [0.5, 0.6) is 0 Å². The minimum atomic E-state index is -2.12. The number of hydrogen-bond acceptors (Lipinski definition) is 6. The molecule has 1 aliphatic heterocycles. The van der Waals surface area contributed by atoms with E-state index in [1.807, 2.05) is 0 Å². The number of imide groups is 1. The van der Waals surface area contributed by atoms with Crippen molar-refractivity contribution in [3.05, 3.63) is 9.66 Å². The first-order chi connectivity index (χ1) is 9.59. The number of carbonyl (C=O) groups excluding carboxylic acids is 3. The summed E-state index contributed by atoms with van der Waals surface area (Å²) in [6.07, 6.45) is 0.0441. The number of amides is 2. The second-order valence-corrected chi connectivity index (χ2v) is 6.37. The van der Waals surface area contributed by atoms with Crippen LogP contribution in [-0.2, 0) is 19.1 Å². The molecule has 1 aliphatic rings. The third kappa shape index (κ3) is 3.34. The van der Waals surface area contributed by atoms with Crippen LogP contribution in [0.2, 0.25) is 0 Å². The summed E-state index contributed by atoms with van der Waals surface area (Å²) in [6.45, 7) is 6.42. The van der Waals surface area contributed by atoms with Crippen LogP contribution in [0.1, 0.15) is 27.7 Å². The molecule has 0 aromatic heterocycles. The molecule has 1 atom stereocenters. The maximum absolute atomic E-state index is 12.2. The van der Waals surface area contributed by atoms with Gasteiger partial charge in [0.15, 0.2) is 0 Å². The minimum absolute atomic E-state index is 0.0169. The summed E-state index contributed by atoms with van der Waals surface area (Å²) in [4.78, 5) is 36.9. The first kappa shape index (κ1) is 17.4. The Morgan fingerprint density at radius 2 is 2.05 bits per heavy atom. The molecule has 0 spiro atoms. The number of carbonyl (C=O) groups is 3. The van der Waals surface area contributed by atoms with Gasteiger partial charge in [0, 0.05) is 0 Å². The zero-order valence-electron chi connectivity index (χ0n) is 12.1. The summed E-state index contributed by atoms with van der Waals surface area (Å²) in [6, 6.07) is 1.69. The van der Waals surface area contributed by atoms with Crippen molar-refractivity contribution >= 4 is 40.6 Å². The highest BCUT2D eigenvalue weighted by molar-refractivity contribution is 14.1. The third-order valence-corrected chi connectivity index (χ3v) is 3.20. The average molecular weight is 406 g/mol. The van der Waals surface area contributed by atoms with Crippen LogP contribution in [-0.4, -0.2) is 40.6 Å². The monoisotopic (exact) mass is 406 g/mol. The molecule has 0 N–H and O–H groups in total. The molecule has 0 bridgehead atoms. The van der Waals surface area contributed by atoms with E-state index in [9.17, 15) is 19.6 Å². The second-order valence-electron chi connectivity index (χ2n) is 5.21. The van der Waals surface area contributed by atoms with Gasteiger partial charge in [0.2, 0.25) is 0 Å². The van der Waals surface area contributed by atoms with Crippen molar-refractivity contribution in [3.63, 3.8) is 0 Å². The first-order valence-electron chi connectivity index (χ1n) is 6.13. The topological polar surface area (TPSA) is 96.7 Å². The molecule has 0 radical (unpaired) electrons. The van der Waals surface area contributed by atoms with Crippen molar-refractivity contribution in [2.75, 3.05) is 6.61 Å². The van der Waals surface area contributed by atoms with Crippen molar-refractivity contribution < 1.29 is 23.9 Å². The van der Waals surface area contributed by atoms with Crippen molar-refractivity contribution in [1.29, 1.82) is 5.26 Å². The highest BCUT2D eigenvalue weighted by Gasteiger charge is 2.56. The Labute approximate surface area is 136 Å². The number of nitriles is 1. The van der Waals surface area contributed by atoms with E-state index in [2.05, 4.69) is 0 Å². The Kier molecular flexibility index (Phi) is 4.99. The molecular formula is C13H15IN2O5. The van der Waals surface area contributed by atoms with Gasteiger partial charge in [0.1, 0.15) is 11.7 Å². The van der Waals surface area contributed by atoms with E-state index in [0.717, 1.165) is 6.08 Å². The van der Waals surface area contributed by atoms with Crippen LogP contribution >= 0.6 is 22.6 Å². The fraction of sp³-hybridized carbons (Fsp3) is 0.538. The van der Waals surface area contributed by atoms with Crippen LogP contribution in [0.3, 0.4) is 0 Å². The van der Waals surface area contributed by atoms with Crippen LogP contribution in [0.15, 0.2) is 9.66 Å². The van der Waals surface area contributed by atoms with Crippen LogP contribution in [0.25, 0.3) is 0 Å². The van der Waals surface area contributed by atoms with Crippen molar-refractivity contribution in [1.82, 2.24) is 4.90 Å². The number of rotatable bonds is 2. The highest BCUT2D eigenvalue weighted by Crippen LogP contribution is 2.34. The molecule has 114 valence electrons. The van der Waals surface area contributed by atoms with E-state index in [1.54, 1.807) is 56.4 Å². The molecule has 21 heavy (non-hydrogen) atoms. The zero-order chi connectivity index (χ0) is 16.4. The fourth-order valence-electron chi connectivity index (χ4n) is 1.63. The van der Waals surface area contributed by atoms with Crippen LogP contribution in [0, 0.1) is 11.3 Å². The SMILES string of the molecule is CCOC(=O)[C@@]1(C#N)C=C(I)C(=O)N1C(=O)OC(C)(C)C. The smallest absolute Gasteiger partial charge is 0.419 e. The second kappa shape index (κ2) is 6.01. The van der Waals surface area contributed by atoms with Gasteiger partial charge < -0.3 is 9.47 Å². The highest BCUT2D eigenvalue weighted by atomic mass is 127. The Balaban J connectivity index is 3.27. The molecule has 0 unspecified atom stereocenters. The Hall–Kier alpha value is -1.63. The fourth-order valence-corrected chi connectivity index (χ4v) is 2.32. The van der Waals surface area contributed by atoms with Gasteiger partial charge in [-0.15, -0.1) is 0 Å². The number of halogens is 1. The van der Waals surface area contributed by atoms with Gasteiger partial charge in [0.25, 0.3) is 11.4 Å². The summed E-state index contributed by atoms with van der Waals surface area (Å²) in [5, 5.41) is 9.37. The molecule has 0 fully saturated rings. The number of hydrogen-bond donors (Lipinski definition) is 0. The van der Waals surface area contributed by atoms with Crippen molar-refractivity contribution in [2.45, 2.75) is 38.8 Å². The van der Waals surface area contributed by atoms with Gasteiger partial charge in [-0.3, -0.25) is 4.79 Å². The molecule has 0 saturated carbocycles. The molecule has 0 saturated heterocycles. The predicted molar refractivity (Wildman–Crippen MR) is 80.2 cm³/mol. The molecule has 8 heteroatoms. The van der Waals surface area contributed by atoms with E-state index < -0.39 is 29.1 Å². The molecule has 0 aromatic carbocycles. The quantitative estimate of drug-likeness (QED) is 0.514. The maximum atomic E-state index is 12.2. The Morgan fingerprint density at radius 3 is 2.48 bits per heavy atom. The van der Waals surface area contributed by atoms with E-state index >= 15 is 0 Å². The standard InChI is InChI=1S/C13H15IN2O5/c1-5-20-10(18)13(7-15)6-8(14)9(17)16(13)11(19)21-12(2,3)4/h6H,5H2,1-4H3/t13-/m0/s1. The van der Waals surface area contributed by atoms with Crippen LogP contribution < -0.4 is 0 Å². The van der Waals surface area contributed by atoms with Gasteiger partial charge in [-0.25, -0.2) is 14.5 Å². The lowest BCUT2D eigenvalue weighted by molar-refractivity contribution is -0.153.